The molecule has 0 saturated heterocycles. The second kappa shape index (κ2) is 6.40. The number of aromatic amines is 1. The highest BCUT2D eigenvalue weighted by Gasteiger charge is 2.21. The monoisotopic (exact) mass is 438 g/mol. The predicted octanol–water partition coefficient (Wildman–Crippen LogP) is 5.77. The molecule has 0 spiro atoms. The van der Waals surface area contributed by atoms with Gasteiger partial charge < -0.3 is 4.98 Å². The second-order valence-corrected chi connectivity index (χ2v) is 7.53. The summed E-state index contributed by atoms with van der Waals surface area (Å²) in [5, 5.41) is 4.74. The summed E-state index contributed by atoms with van der Waals surface area (Å²) in [7, 11) is 0. The molecule has 4 nitrogen and oxygen atoms in total. The first-order valence-electron chi connectivity index (χ1n) is 7.87. The molecule has 0 saturated carbocycles. The number of aromatic nitrogens is 4. The van der Waals surface area contributed by atoms with Gasteiger partial charge in [-0.05, 0) is 76.6 Å². The van der Waals surface area contributed by atoms with E-state index >= 15 is 0 Å². The average molecular weight is 440 g/mol. The average Bonchev–Trinajstić information content (AvgIpc) is 2.98. The summed E-state index contributed by atoms with van der Waals surface area (Å²) in [5.74, 6) is 0.509. The normalized spacial score (nSPS) is 11.8. The Hall–Kier alpha value is -1.14. The van der Waals surface area contributed by atoms with Crippen molar-refractivity contribution >= 4 is 37.5 Å². The van der Waals surface area contributed by atoms with Crippen molar-refractivity contribution in [2.45, 2.75) is 46.5 Å². The molecule has 0 fully saturated rings. The molecule has 0 aromatic carbocycles. The van der Waals surface area contributed by atoms with Crippen LogP contribution >= 0.6 is 31.9 Å². The van der Waals surface area contributed by atoms with E-state index in [0.717, 1.165) is 50.3 Å². The van der Waals surface area contributed by atoms with Gasteiger partial charge in [-0.3, -0.25) is 0 Å². The van der Waals surface area contributed by atoms with E-state index in [9.17, 15) is 0 Å². The highest BCUT2D eigenvalue weighted by molar-refractivity contribution is 9.11. The molecular formula is C17H20Br2N4. The lowest BCUT2D eigenvalue weighted by atomic mass is 9.95. The van der Waals surface area contributed by atoms with Gasteiger partial charge in [-0.25, -0.2) is 9.50 Å². The number of hydrogen-bond donors (Lipinski definition) is 1. The lowest BCUT2D eigenvalue weighted by Crippen LogP contribution is -2.05. The van der Waals surface area contributed by atoms with Crippen LogP contribution in [-0.2, 0) is 0 Å². The molecule has 0 unspecified atom stereocenters. The van der Waals surface area contributed by atoms with E-state index in [4.69, 9.17) is 10.1 Å². The number of nitrogens with one attached hydrogen (secondary N) is 1. The lowest BCUT2D eigenvalue weighted by molar-refractivity contribution is 0.638. The van der Waals surface area contributed by atoms with Crippen LogP contribution in [0.3, 0.4) is 0 Å². The first-order valence-corrected chi connectivity index (χ1v) is 9.46. The van der Waals surface area contributed by atoms with Gasteiger partial charge in [0.15, 0.2) is 5.65 Å². The molecule has 3 aromatic rings. The number of H-pyrrole nitrogens is 1. The first kappa shape index (κ1) is 16.7. The standard InChI is InChI=1S/C17H20Br2N4/c1-5-11(6-2)12-7-9(3)22-23-15(10(4)20-17(12)23)13-8-14(18)21-16(13)19/h7-8,11,21H,5-6H2,1-4H3. The maximum absolute atomic E-state index is 4.85. The van der Waals surface area contributed by atoms with Crippen molar-refractivity contribution in [3.8, 4) is 11.3 Å². The smallest absolute Gasteiger partial charge is 0.157 e. The quantitative estimate of drug-likeness (QED) is 0.560. The maximum Gasteiger partial charge on any atom is 0.157 e. The van der Waals surface area contributed by atoms with Crippen LogP contribution < -0.4 is 0 Å². The molecule has 1 N–H and O–H groups in total. The molecule has 0 aliphatic carbocycles. The van der Waals surface area contributed by atoms with Gasteiger partial charge in [0.05, 0.1) is 26.3 Å². The Morgan fingerprint density at radius 1 is 1.17 bits per heavy atom. The summed E-state index contributed by atoms with van der Waals surface area (Å²) in [6.07, 6.45) is 2.21. The topological polar surface area (TPSA) is 46.0 Å². The van der Waals surface area contributed by atoms with Crippen LogP contribution in [0, 0.1) is 13.8 Å². The molecule has 0 aliphatic heterocycles. The minimum atomic E-state index is 0.509. The largest absolute Gasteiger partial charge is 0.343 e. The minimum Gasteiger partial charge on any atom is -0.343 e. The number of rotatable bonds is 4. The number of fused-ring (bicyclic) bond motifs is 1. The molecule has 3 aromatic heterocycles. The van der Waals surface area contributed by atoms with Crippen LogP contribution in [0.5, 0.6) is 0 Å². The summed E-state index contributed by atoms with van der Waals surface area (Å²) in [5.41, 5.74) is 6.37. The van der Waals surface area contributed by atoms with Crippen LogP contribution in [0.15, 0.2) is 21.3 Å². The summed E-state index contributed by atoms with van der Waals surface area (Å²) in [6.45, 7) is 8.56. The van der Waals surface area contributed by atoms with E-state index < -0.39 is 0 Å². The Morgan fingerprint density at radius 2 is 1.87 bits per heavy atom. The maximum atomic E-state index is 4.85. The van der Waals surface area contributed by atoms with Crippen LogP contribution in [0.2, 0.25) is 0 Å². The van der Waals surface area contributed by atoms with Crippen LogP contribution in [-0.4, -0.2) is 19.6 Å². The van der Waals surface area contributed by atoms with Crippen molar-refractivity contribution in [3.05, 3.63) is 38.3 Å². The minimum absolute atomic E-state index is 0.509. The van der Waals surface area contributed by atoms with Gasteiger partial charge in [-0.2, -0.15) is 5.10 Å². The first-order chi connectivity index (χ1) is 11.0. The van der Waals surface area contributed by atoms with Gasteiger partial charge >= 0.3 is 0 Å². The molecule has 0 amide bonds. The van der Waals surface area contributed by atoms with E-state index in [-0.39, 0.29) is 0 Å². The Bertz CT molecular complexity index is 859. The molecule has 122 valence electrons. The van der Waals surface area contributed by atoms with Crippen LogP contribution in [0.1, 0.15) is 49.6 Å². The van der Waals surface area contributed by atoms with Crippen LogP contribution in [0.4, 0.5) is 0 Å². The van der Waals surface area contributed by atoms with E-state index in [1.54, 1.807) is 0 Å². The fraction of sp³-hybridized carbons (Fsp3) is 0.412. The highest BCUT2D eigenvalue weighted by Crippen LogP contribution is 2.35. The van der Waals surface area contributed by atoms with Gasteiger partial charge in [0.25, 0.3) is 0 Å². The number of nitrogens with zero attached hydrogens (tertiary/aromatic N) is 3. The fourth-order valence-corrected chi connectivity index (χ4v) is 4.40. The zero-order valence-electron chi connectivity index (χ0n) is 13.7. The lowest BCUT2D eigenvalue weighted by Gasteiger charge is -2.14. The molecule has 0 aliphatic rings. The third-order valence-corrected chi connectivity index (χ3v) is 5.38. The number of halogens is 2. The van der Waals surface area contributed by atoms with Gasteiger partial charge in [0.2, 0.25) is 0 Å². The number of aryl methyl sites for hydroxylation is 2. The van der Waals surface area contributed by atoms with E-state index in [1.807, 2.05) is 18.4 Å². The Labute approximate surface area is 153 Å². The number of hydrogen-bond acceptors (Lipinski definition) is 2. The molecule has 6 heteroatoms. The predicted molar refractivity (Wildman–Crippen MR) is 101 cm³/mol. The van der Waals surface area contributed by atoms with E-state index in [1.165, 1.54) is 5.56 Å². The zero-order valence-corrected chi connectivity index (χ0v) is 16.9. The summed E-state index contributed by atoms with van der Waals surface area (Å²) >= 11 is 7.09. The third-order valence-electron chi connectivity index (χ3n) is 4.33. The Kier molecular flexibility index (Phi) is 4.65. The van der Waals surface area contributed by atoms with Gasteiger partial charge in [0.1, 0.15) is 0 Å². The summed E-state index contributed by atoms with van der Waals surface area (Å²) < 4.78 is 3.86. The SMILES string of the molecule is CCC(CC)c1cc(C)nn2c(-c3cc(Br)[nH]c3Br)c(C)nc12. The molecule has 0 bridgehead atoms. The van der Waals surface area contributed by atoms with Crippen molar-refractivity contribution in [1.29, 1.82) is 0 Å². The Morgan fingerprint density at radius 3 is 2.43 bits per heavy atom. The fourth-order valence-electron chi connectivity index (χ4n) is 3.19. The molecule has 3 rings (SSSR count). The Balaban J connectivity index is 2.33. The van der Waals surface area contributed by atoms with Crippen molar-refractivity contribution in [3.63, 3.8) is 0 Å². The third kappa shape index (κ3) is 2.87. The van der Waals surface area contributed by atoms with Crippen molar-refractivity contribution in [1.82, 2.24) is 19.6 Å². The molecule has 0 atom stereocenters. The number of imidazole rings is 1. The second-order valence-electron chi connectivity index (χ2n) is 5.88. The zero-order chi connectivity index (χ0) is 16.7. The molecule has 0 radical (unpaired) electrons. The van der Waals surface area contributed by atoms with Crippen molar-refractivity contribution < 1.29 is 0 Å². The van der Waals surface area contributed by atoms with E-state index in [2.05, 4.69) is 62.8 Å². The highest BCUT2D eigenvalue weighted by atomic mass is 79.9. The summed E-state index contributed by atoms with van der Waals surface area (Å²) in [6, 6.07) is 4.24. The van der Waals surface area contributed by atoms with Gasteiger partial charge in [0, 0.05) is 11.1 Å². The van der Waals surface area contributed by atoms with Gasteiger partial charge in [-0.1, -0.05) is 13.8 Å². The van der Waals surface area contributed by atoms with E-state index in [0.29, 0.717) is 5.92 Å². The molecular weight excluding hydrogens is 420 g/mol. The van der Waals surface area contributed by atoms with Crippen molar-refractivity contribution in [2.75, 3.05) is 0 Å². The summed E-state index contributed by atoms with van der Waals surface area (Å²) in [4.78, 5) is 8.07. The molecule has 3 heterocycles. The van der Waals surface area contributed by atoms with Gasteiger partial charge in [-0.15, -0.1) is 0 Å². The van der Waals surface area contributed by atoms with Crippen LogP contribution in [0.25, 0.3) is 16.9 Å². The molecule has 23 heavy (non-hydrogen) atoms. The van der Waals surface area contributed by atoms with Crippen molar-refractivity contribution in [2.24, 2.45) is 0 Å².